The first-order valence-corrected chi connectivity index (χ1v) is 9.92. The predicted octanol–water partition coefficient (Wildman–Crippen LogP) is 4.45. The van der Waals surface area contributed by atoms with E-state index >= 15 is 0 Å². The van der Waals surface area contributed by atoms with E-state index in [1.165, 1.54) is 30.8 Å². The van der Waals surface area contributed by atoms with Gasteiger partial charge in [0.05, 0.1) is 0 Å². The van der Waals surface area contributed by atoms with Crippen LogP contribution in [-0.2, 0) is 4.79 Å². The Morgan fingerprint density at radius 3 is 2.75 bits per heavy atom. The van der Waals surface area contributed by atoms with Gasteiger partial charge in [-0.3, -0.25) is 4.79 Å². The van der Waals surface area contributed by atoms with E-state index in [1.54, 1.807) is 0 Å². The molecule has 0 aliphatic carbocycles. The van der Waals surface area contributed by atoms with Gasteiger partial charge in [-0.15, -0.1) is 0 Å². The van der Waals surface area contributed by atoms with E-state index in [9.17, 15) is 4.79 Å². The summed E-state index contributed by atoms with van der Waals surface area (Å²) in [6, 6.07) is 0. The first-order chi connectivity index (χ1) is 9.72. The van der Waals surface area contributed by atoms with Crippen LogP contribution >= 0.6 is 23.5 Å². The summed E-state index contributed by atoms with van der Waals surface area (Å²) >= 11 is 4.34. The first kappa shape index (κ1) is 16.3. The SMILES string of the molecule is CCSC[C@@H]1[C@@H]2CCC(S2)[C@@H]1C/C=C\CCCC(=O)O. The maximum Gasteiger partial charge on any atom is 0.303 e. The molecule has 0 aromatic rings. The Balaban J connectivity index is 1.72. The van der Waals surface area contributed by atoms with Gasteiger partial charge in [-0.25, -0.2) is 0 Å². The summed E-state index contributed by atoms with van der Waals surface area (Å²) in [5.41, 5.74) is 0. The van der Waals surface area contributed by atoms with Crippen LogP contribution in [0.5, 0.6) is 0 Å². The van der Waals surface area contributed by atoms with Gasteiger partial charge in [0.15, 0.2) is 0 Å². The van der Waals surface area contributed by atoms with Gasteiger partial charge in [0.1, 0.15) is 0 Å². The van der Waals surface area contributed by atoms with E-state index < -0.39 is 5.97 Å². The van der Waals surface area contributed by atoms with Crippen molar-refractivity contribution in [1.82, 2.24) is 0 Å². The fraction of sp³-hybridized carbons (Fsp3) is 0.812. The number of allylic oxidation sites excluding steroid dienone is 2. The molecule has 0 saturated carbocycles. The Hall–Kier alpha value is -0.0900. The van der Waals surface area contributed by atoms with Crippen LogP contribution < -0.4 is 0 Å². The summed E-state index contributed by atoms with van der Waals surface area (Å²) in [7, 11) is 0. The fourth-order valence-corrected chi connectivity index (χ4v) is 6.54. The van der Waals surface area contributed by atoms with Crippen molar-refractivity contribution in [2.24, 2.45) is 11.8 Å². The topological polar surface area (TPSA) is 37.3 Å². The number of unbranched alkanes of at least 4 members (excludes halogenated alkanes) is 1. The molecule has 0 spiro atoms. The number of thioether (sulfide) groups is 2. The van der Waals surface area contributed by atoms with Crippen LogP contribution in [-0.4, -0.2) is 33.1 Å². The molecule has 2 rings (SSSR count). The van der Waals surface area contributed by atoms with Crippen molar-refractivity contribution in [3.8, 4) is 0 Å². The van der Waals surface area contributed by atoms with Crippen LogP contribution in [0.2, 0.25) is 0 Å². The molecule has 1 unspecified atom stereocenters. The lowest BCUT2D eigenvalue weighted by atomic mass is 9.78. The number of hydrogen-bond donors (Lipinski definition) is 1. The van der Waals surface area contributed by atoms with E-state index in [0.29, 0.717) is 6.42 Å². The Bertz CT molecular complexity index is 343. The highest BCUT2D eigenvalue weighted by Gasteiger charge is 2.47. The number of carbonyl (C=O) groups is 1. The van der Waals surface area contributed by atoms with Crippen molar-refractivity contribution >= 4 is 29.5 Å². The number of carboxylic acid groups (broad SMARTS) is 1. The van der Waals surface area contributed by atoms with Crippen LogP contribution in [0.15, 0.2) is 12.2 Å². The zero-order chi connectivity index (χ0) is 14.4. The van der Waals surface area contributed by atoms with Crippen LogP contribution in [0.4, 0.5) is 0 Å². The smallest absolute Gasteiger partial charge is 0.303 e. The van der Waals surface area contributed by atoms with E-state index in [1.807, 2.05) is 0 Å². The van der Waals surface area contributed by atoms with Gasteiger partial charge in [0, 0.05) is 16.9 Å². The molecule has 2 aliphatic heterocycles. The second-order valence-electron chi connectivity index (χ2n) is 5.77. The zero-order valence-electron chi connectivity index (χ0n) is 12.3. The molecule has 2 fully saturated rings. The van der Waals surface area contributed by atoms with Gasteiger partial charge >= 0.3 is 5.97 Å². The third kappa shape index (κ3) is 4.45. The Kier molecular flexibility index (Phi) is 6.82. The summed E-state index contributed by atoms with van der Waals surface area (Å²) in [5.74, 6) is 3.67. The molecule has 2 saturated heterocycles. The van der Waals surface area contributed by atoms with Crippen molar-refractivity contribution in [3.05, 3.63) is 12.2 Å². The molecular formula is C16H26O2S2. The lowest BCUT2D eigenvalue weighted by molar-refractivity contribution is -0.137. The van der Waals surface area contributed by atoms with Crippen molar-refractivity contribution in [1.29, 1.82) is 0 Å². The number of fused-ring (bicyclic) bond motifs is 2. The molecule has 2 aliphatic rings. The van der Waals surface area contributed by atoms with Gasteiger partial charge in [0.25, 0.3) is 0 Å². The molecule has 0 aromatic carbocycles. The lowest BCUT2D eigenvalue weighted by Gasteiger charge is -2.28. The standard InChI is InChI=1S/C16H26O2S2/c1-2-19-11-13-12(14-9-10-15(13)20-14)7-5-3-4-6-8-16(17)18/h3,5,12-15H,2,4,6-11H2,1H3,(H,17,18)/b5-3-/t12-,13+,14?,15+/m1/s1. The molecule has 0 aromatic heterocycles. The number of hydrogen-bond acceptors (Lipinski definition) is 3. The van der Waals surface area contributed by atoms with Gasteiger partial charge in [-0.05, 0) is 55.4 Å². The maximum absolute atomic E-state index is 10.4. The highest BCUT2D eigenvalue weighted by molar-refractivity contribution is 8.01. The van der Waals surface area contributed by atoms with Gasteiger partial charge < -0.3 is 5.11 Å². The van der Waals surface area contributed by atoms with Crippen LogP contribution in [0.25, 0.3) is 0 Å². The monoisotopic (exact) mass is 314 g/mol. The third-order valence-corrected chi connectivity index (χ3v) is 7.34. The summed E-state index contributed by atoms with van der Waals surface area (Å²) < 4.78 is 0. The minimum Gasteiger partial charge on any atom is -0.481 e. The van der Waals surface area contributed by atoms with Gasteiger partial charge in [-0.2, -0.15) is 23.5 Å². The molecule has 2 nitrogen and oxygen atoms in total. The summed E-state index contributed by atoms with van der Waals surface area (Å²) in [6.07, 6.45) is 10.5. The highest BCUT2D eigenvalue weighted by Crippen LogP contribution is 2.54. The van der Waals surface area contributed by atoms with Gasteiger partial charge in [-0.1, -0.05) is 19.1 Å². The molecule has 0 radical (unpaired) electrons. The van der Waals surface area contributed by atoms with E-state index in [2.05, 4.69) is 42.6 Å². The molecule has 4 atom stereocenters. The Labute approximate surface area is 131 Å². The zero-order valence-corrected chi connectivity index (χ0v) is 13.9. The molecule has 1 N–H and O–H groups in total. The quantitative estimate of drug-likeness (QED) is 0.504. The van der Waals surface area contributed by atoms with E-state index in [0.717, 1.165) is 35.2 Å². The molecular weight excluding hydrogens is 288 g/mol. The molecule has 20 heavy (non-hydrogen) atoms. The normalized spacial score (nSPS) is 32.2. The van der Waals surface area contributed by atoms with Crippen molar-refractivity contribution in [2.45, 2.75) is 55.9 Å². The number of rotatable bonds is 9. The first-order valence-electron chi connectivity index (χ1n) is 7.82. The largest absolute Gasteiger partial charge is 0.481 e. The summed E-state index contributed by atoms with van der Waals surface area (Å²) in [4.78, 5) is 10.4. The van der Waals surface area contributed by atoms with Crippen LogP contribution in [0.1, 0.15) is 45.4 Å². The Morgan fingerprint density at radius 2 is 2.05 bits per heavy atom. The van der Waals surface area contributed by atoms with Crippen LogP contribution in [0, 0.1) is 11.8 Å². The minimum absolute atomic E-state index is 0.296. The van der Waals surface area contributed by atoms with Crippen molar-refractivity contribution < 1.29 is 9.90 Å². The predicted molar refractivity (Wildman–Crippen MR) is 89.6 cm³/mol. The number of carboxylic acids is 1. The van der Waals surface area contributed by atoms with E-state index in [-0.39, 0.29) is 0 Å². The van der Waals surface area contributed by atoms with Crippen molar-refractivity contribution in [2.75, 3.05) is 11.5 Å². The van der Waals surface area contributed by atoms with E-state index in [4.69, 9.17) is 5.11 Å². The summed E-state index contributed by atoms with van der Waals surface area (Å²) in [5, 5.41) is 10.4. The molecule has 114 valence electrons. The van der Waals surface area contributed by atoms with Crippen molar-refractivity contribution in [3.63, 3.8) is 0 Å². The molecule has 2 bridgehead atoms. The fourth-order valence-electron chi connectivity index (χ4n) is 3.42. The second-order valence-corrected chi connectivity index (χ2v) is 8.57. The molecule has 4 heteroatoms. The highest BCUT2D eigenvalue weighted by atomic mass is 32.2. The molecule has 2 heterocycles. The van der Waals surface area contributed by atoms with Crippen LogP contribution in [0.3, 0.4) is 0 Å². The maximum atomic E-state index is 10.4. The lowest BCUT2D eigenvalue weighted by Crippen LogP contribution is -2.28. The minimum atomic E-state index is -0.681. The molecule has 0 amide bonds. The Morgan fingerprint density at radius 1 is 1.30 bits per heavy atom. The number of aliphatic carboxylic acids is 1. The summed E-state index contributed by atoms with van der Waals surface area (Å²) in [6.45, 7) is 2.25. The third-order valence-electron chi connectivity index (χ3n) is 4.44. The average molecular weight is 315 g/mol. The average Bonchev–Trinajstić information content (AvgIpc) is 3.01. The van der Waals surface area contributed by atoms with Gasteiger partial charge in [0.2, 0.25) is 0 Å². The second kappa shape index (κ2) is 8.38.